The van der Waals surface area contributed by atoms with Gasteiger partial charge in [0.05, 0.1) is 30.2 Å². The molecule has 3 rings (SSSR count). The van der Waals surface area contributed by atoms with Crippen LogP contribution < -0.4 is 15.5 Å². The number of hydrogen-bond donors (Lipinski definition) is 2. The zero-order valence-corrected chi connectivity index (χ0v) is 16.6. The van der Waals surface area contributed by atoms with Gasteiger partial charge in [-0.2, -0.15) is 13.2 Å². The number of thiocarbonyl (C=S) groups is 1. The Morgan fingerprint density at radius 2 is 1.76 bits per heavy atom. The molecule has 1 aliphatic heterocycles. The number of hydrogen-bond acceptors (Lipinski definition) is 4. The van der Waals surface area contributed by atoms with Crippen molar-refractivity contribution in [2.24, 2.45) is 0 Å². The maximum Gasteiger partial charge on any atom is 0.416 e. The van der Waals surface area contributed by atoms with Crippen molar-refractivity contribution in [1.29, 1.82) is 0 Å². The fourth-order valence-electron chi connectivity index (χ4n) is 2.82. The van der Waals surface area contributed by atoms with E-state index >= 15 is 0 Å². The molecule has 1 amide bonds. The number of halogens is 4. The smallest absolute Gasteiger partial charge is 0.378 e. The van der Waals surface area contributed by atoms with Gasteiger partial charge in [0, 0.05) is 23.7 Å². The first-order valence-electron chi connectivity index (χ1n) is 8.66. The van der Waals surface area contributed by atoms with E-state index in [0.29, 0.717) is 42.6 Å². The van der Waals surface area contributed by atoms with Crippen LogP contribution in [-0.2, 0) is 10.9 Å². The van der Waals surface area contributed by atoms with Crippen molar-refractivity contribution in [1.82, 2.24) is 5.32 Å². The summed E-state index contributed by atoms with van der Waals surface area (Å²) in [6.07, 6.45) is -4.51. The molecule has 5 nitrogen and oxygen atoms in total. The Morgan fingerprint density at radius 1 is 1.10 bits per heavy atom. The number of anilines is 2. The molecule has 0 aliphatic carbocycles. The van der Waals surface area contributed by atoms with Gasteiger partial charge in [-0.05, 0) is 54.7 Å². The first-order valence-corrected chi connectivity index (χ1v) is 9.44. The van der Waals surface area contributed by atoms with Crippen LogP contribution in [0.1, 0.15) is 15.9 Å². The number of nitrogens with one attached hydrogen (secondary N) is 2. The molecule has 1 fully saturated rings. The molecule has 0 radical (unpaired) electrons. The maximum atomic E-state index is 13.2. The molecule has 1 aliphatic rings. The first-order chi connectivity index (χ1) is 13.7. The topological polar surface area (TPSA) is 53.6 Å². The van der Waals surface area contributed by atoms with Crippen molar-refractivity contribution in [2.75, 3.05) is 36.5 Å². The fraction of sp³-hybridized carbons (Fsp3) is 0.263. The molecular weight excluding hydrogens is 427 g/mol. The van der Waals surface area contributed by atoms with E-state index in [1.54, 1.807) is 12.1 Å². The van der Waals surface area contributed by atoms with E-state index < -0.39 is 17.6 Å². The van der Waals surface area contributed by atoms with Crippen molar-refractivity contribution in [3.63, 3.8) is 0 Å². The van der Waals surface area contributed by atoms with Gasteiger partial charge >= 0.3 is 6.18 Å². The minimum atomic E-state index is -4.51. The van der Waals surface area contributed by atoms with E-state index in [4.69, 9.17) is 28.6 Å². The van der Waals surface area contributed by atoms with Gasteiger partial charge in [0.25, 0.3) is 5.91 Å². The van der Waals surface area contributed by atoms with Crippen LogP contribution in [0.15, 0.2) is 42.5 Å². The highest BCUT2D eigenvalue weighted by Gasteiger charge is 2.31. The van der Waals surface area contributed by atoms with Gasteiger partial charge in [0.15, 0.2) is 5.11 Å². The molecule has 0 aromatic heterocycles. The number of ether oxygens (including phenoxy) is 1. The average molecular weight is 444 g/mol. The summed E-state index contributed by atoms with van der Waals surface area (Å²) in [6.45, 7) is 2.00. The third-order valence-corrected chi connectivity index (χ3v) is 4.71. The fourth-order valence-corrected chi connectivity index (χ4v) is 3.15. The lowest BCUT2D eigenvalue weighted by Crippen LogP contribution is -2.38. The Bertz CT molecular complexity index is 901. The monoisotopic (exact) mass is 443 g/mol. The minimum absolute atomic E-state index is 0.112. The number of rotatable bonds is 3. The quantitative estimate of drug-likeness (QED) is 0.692. The summed E-state index contributed by atoms with van der Waals surface area (Å²) >= 11 is 10.9. The van der Waals surface area contributed by atoms with E-state index in [-0.39, 0.29) is 10.8 Å². The van der Waals surface area contributed by atoms with Crippen molar-refractivity contribution >= 4 is 46.2 Å². The number of amides is 1. The summed E-state index contributed by atoms with van der Waals surface area (Å²) in [6, 6.07) is 9.52. The van der Waals surface area contributed by atoms with E-state index in [0.717, 1.165) is 12.1 Å². The molecule has 1 saturated heterocycles. The molecule has 0 unspecified atom stereocenters. The van der Waals surface area contributed by atoms with E-state index in [2.05, 4.69) is 10.6 Å². The molecule has 29 heavy (non-hydrogen) atoms. The van der Waals surface area contributed by atoms with Crippen LogP contribution in [-0.4, -0.2) is 37.3 Å². The van der Waals surface area contributed by atoms with E-state index in [1.807, 2.05) is 4.90 Å². The second kappa shape index (κ2) is 8.98. The second-order valence-corrected chi connectivity index (χ2v) is 7.09. The van der Waals surface area contributed by atoms with Crippen LogP contribution in [0.3, 0.4) is 0 Å². The van der Waals surface area contributed by atoms with Gasteiger partial charge < -0.3 is 15.0 Å². The van der Waals surface area contributed by atoms with Gasteiger partial charge in [0.2, 0.25) is 0 Å². The Hall–Kier alpha value is -2.36. The van der Waals surface area contributed by atoms with Crippen molar-refractivity contribution < 1.29 is 22.7 Å². The second-order valence-electron chi connectivity index (χ2n) is 6.24. The summed E-state index contributed by atoms with van der Waals surface area (Å²) in [5.74, 6) is -0.501. The molecule has 2 aromatic carbocycles. The zero-order chi connectivity index (χ0) is 21.0. The van der Waals surface area contributed by atoms with Gasteiger partial charge in [-0.1, -0.05) is 11.6 Å². The molecule has 0 atom stereocenters. The lowest BCUT2D eigenvalue weighted by atomic mass is 10.1. The number of nitrogens with zero attached hydrogens (tertiary/aromatic N) is 1. The zero-order valence-electron chi connectivity index (χ0n) is 15.1. The minimum Gasteiger partial charge on any atom is -0.378 e. The van der Waals surface area contributed by atoms with Crippen LogP contribution >= 0.6 is 23.8 Å². The number of carbonyl (C=O) groups is 1. The Balaban J connectivity index is 1.80. The van der Waals surface area contributed by atoms with Gasteiger partial charge in [-0.25, -0.2) is 0 Å². The molecule has 0 saturated carbocycles. The maximum absolute atomic E-state index is 13.2. The highest BCUT2D eigenvalue weighted by Crippen LogP contribution is 2.35. The Labute approximate surface area is 175 Å². The average Bonchev–Trinajstić information content (AvgIpc) is 2.68. The molecular formula is C19H17ClF3N3O2S. The molecule has 0 bridgehead atoms. The first kappa shape index (κ1) is 21.4. The molecule has 2 aromatic rings. The highest BCUT2D eigenvalue weighted by atomic mass is 35.5. The number of benzene rings is 2. The van der Waals surface area contributed by atoms with Crippen LogP contribution in [0.5, 0.6) is 0 Å². The third-order valence-electron chi connectivity index (χ3n) is 4.26. The van der Waals surface area contributed by atoms with Crippen molar-refractivity contribution in [3.8, 4) is 0 Å². The van der Waals surface area contributed by atoms with Crippen LogP contribution in [0, 0.1) is 0 Å². The van der Waals surface area contributed by atoms with Gasteiger partial charge in [-0.15, -0.1) is 0 Å². The molecule has 10 heteroatoms. The SMILES string of the molecule is O=C(NC(=S)Nc1cc(C(F)(F)F)ccc1N1CCOCC1)c1ccc(Cl)cc1. The van der Waals surface area contributed by atoms with Gasteiger partial charge in [-0.3, -0.25) is 10.1 Å². The molecule has 2 N–H and O–H groups in total. The number of alkyl halides is 3. The lowest BCUT2D eigenvalue weighted by molar-refractivity contribution is -0.137. The van der Waals surface area contributed by atoms with Crippen molar-refractivity contribution in [3.05, 3.63) is 58.6 Å². The lowest BCUT2D eigenvalue weighted by Gasteiger charge is -2.31. The molecule has 154 valence electrons. The molecule has 0 spiro atoms. The summed E-state index contributed by atoms with van der Waals surface area (Å²) in [5.41, 5.74) is 0.201. The third kappa shape index (κ3) is 5.59. The van der Waals surface area contributed by atoms with E-state index in [9.17, 15) is 18.0 Å². The summed E-state index contributed by atoms with van der Waals surface area (Å²) in [4.78, 5) is 14.2. The Kier molecular flexibility index (Phi) is 6.61. The summed E-state index contributed by atoms with van der Waals surface area (Å²) in [7, 11) is 0. The van der Waals surface area contributed by atoms with Crippen LogP contribution in [0.25, 0.3) is 0 Å². The van der Waals surface area contributed by atoms with E-state index in [1.165, 1.54) is 18.2 Å². The van der Waals surface area contributed by atoms with Crippen LogP contribution in [0.4, 0.5) is 24.5 Å². The van der Waals surface area contributed by atoms with Gasteiger partial charge in [0.1, 0.15) is 0 Å². The highest BCUT2D eigenvalue weighted by molar-refractivity contribution is 7.80. The normalized spacial score (nSPS) is 14.4. The number of morpholine rings is 1. The summed E-state index contributed by atoms with van der Waals surface area (Å²) in [5, 5.41) is 5.55. The number of carbonyl (C=O) groups excluding carboxylic acids is 1. The predicted octanol–water partition coefficient (Wildman–Crippen LogP) is 4.32. The standard InChI is InChI=1S/C19H17ClF3N3O2S/c20-14-4-1-12(2-5-14)17(27)25-18(29)24-15-11-13(19(21,22)23)3-6-16(15)26-7-9-28-10-8-26/h1-6,11H,7-10H2,(H2,24,25,27,29). The largest absolute Gasteiger partial charge is 0.416 e. The predicted molar refractivity (Wildman–Crippen MR) is 110 cm³/mol. The molecule has 1 heterocycles. The van der Waals surface area contributed by atoms with Crippen LogP contribution in [0.2, 0.25) is 5.02 Å². The Morgan fingerprint density at radius 3 is 2.38 bits per heavy atom. The summed E-state index contributed by atoms with van der Waals surface area (Å²) < 4.78 is 44.8. The van der Waals surface area contributed by atoms with Crippen molar-refractivity contribution in [2.45, 2.75) is 6.18 Å².